The Hall–Kier alpha value is -0.870. The van der Waals surface area contributed by atoms with Gasteiger partial charge in [0.1, 0.15) is 11.7 Å². The van der Waals surface area contributed by atoms with Crippen LogP contribution in [0.4, 0.5) is 0 Å². The standard InChI is InChI=1S/C15H20N2OS/c18-14-15(8-9-15)16-13(12-7-4-10-19-12)17(14)11-5-2-1-3-6-11/h4,7,10-11,13,16H,1-3,5-6,8-9H2. The molecule has 1 unspecified atom stereocenters. The summed E-state index contributed by atoms with van der Waals surface area (Å²) in [6.45, 7) is 0. The van der Waals surface area contributed by atoms with E-state index in [1.807, 2.05) is 0 Å². The van der Waals surface area contributed by atoms with E-state index in [0.717, 1.165) is 12.8 Å². The molecule has 1 aromatic heterocycles. The molecule has 1 aliphatic heterocycles. The molecular weight excluding hydrogens is 256 g/mol. The molecule has 4 heteroatoms. The highest BCUT2D eigenvalue weighted by atomic mass is 32.1. The minimum atomic E-state index is -0.188. The van der Waals surface area contributed by atoms with Gasteiger partial charge in [-0.1, -0.05) is 25.3 Å². The summed E-state index contributed by atoms with van der Waals surface area (Å²) in [4.78, 5) is 16.2. The smallest absolute Gasteiger partial charge is 0.244 e. The SMILES string of the molecule is O=C1N(C2CCCCC2)C(c2cccs2)NC12CC2. The third-order valence-corrected chi connectivity index (χ3v) is 5.79. The second-order valence-electron chi connectivity index (χ2n) is 6.15. The molecule has 4 rings (SSSR count). The van der Waals surface area contributed by atoms with Gasteiger partial charge >= 0.3 is 0 Å². The first-order valence-corrected chi connectivity index (χ1v) is 8.32. The highest BCUT2D eigenvalue weighted by Crippen LogP contribution is 2.48. The minimum Gasteiger partial charge on any atom is -0.317 e. The van der Waals surface area contributed by atoms with Crippen molar-refractivity contribution in [3.8, 4) is 0 Å². The van der Waals surface area contributed by atoms with Crippen LogP contribution < -0.4 is 5.32 Å². The molecule has 102 valence electrons. The first kappa shape index (κ1) is 11.9. The van der Waals surface area contributed by atoms with Crippen molar-refractivity contribution in [2.45, 2.75) is 62.7 Å². The monoisotopic (exact) mass is 276 g/mol. The first-order valence-electron chi connectivity index (χ1n) is 7.44. The zero-order valence-electron chi connectivity index (χ0n) is 11.1. The van der Waals surface area contributed by atoms with Crippen LogP contribution >= 0.6 is 11.3 Å². The van der Waals surface area contributed by atoms with Gasteiger partial charge in [-0.2, -0.15) is 0 Å². The van der Waals surface area contributed by atoms with Crippen molar-refractivity contribution < 1.29 is 4.79 Å². The predicted molar refractivity (Wildman–Crippen MR) is 75.9 cm³/mol. The molecular formula is C15H20N2OS. The quantitative estimate of drug-likeness (QED) is 0.900. The van der Waals surface area contributed by atoms with Gasteiger partial charge < -0.3 is 4.90 Å². The molecule has 0 aromatic carbocycles. The van der Waals surface area contributed by atoms with Gasteiger partial charge in [0.15, 0.2) is 0 Å². The van der Waals surface area contributed by atoms with Crippen molar-refractivity contribution in [3.05, 3.63) is 22.4 Å². The van der Waals surface area contributed by atoms with Crippen molar-refractivity contribution in [3.63, 3.8) is 0 Å². The van der Waals surface area contributed by atoms with Crippen LogP contribution in [0.5, 0.6) is 0 Å². The largest absolute Gasteiger partial charge is 0.317 e. The van der Waals surface area contributed by atoms with E-state index in [-0.39, 0.29) is 11.7 Å². The van der Waals surface area contributed by atoms with Gasteiger partial charge in [0.05, 0.1) is 0 Å². The van der Waals surface area contributed by atoms with Crippen molar-refractivity contribution >= 4 is 17.2 Å². The van der Waals surface area contributed by atoms with Gasteiger partial charge in [0.25, 0.3) is 0 Å². The number of hydrogen-bond acceptors (Lipinski definition) is 3. The van der Waals surface area contributed by atoms with E-state index < -0.39 is 0 Å². The summed E-state index contributed by atoms with van der Waals surface area (Å²) < 4.78 is 0. The number of nitrogens with zero attached hydrogens (tertiary/aromatic N) is 1. The Morgan fingerprint density at radius 1 is 1.26 bits per heavy atom. The van der Waals surface area contributed by atoms with Gasteiger partial charge in [-0.25, -0.2) is 0 Å². The number of thiophene rings is 1. The molecule has 1 amide bonds. The van der Waals surface area contributed by atoms with Crippen molar-refractivity contribution in [1.82, 2.24) is 10.2 Å². The molecule has 2 heterocycles. The molecule has 2 aliphatic carbocycles. The molecule has 2 saturated carbocycles. The molecule has 1 aromatic rings. The number of carbonyl (C=O) groups is 1. The summed E-state index contributed by atoms with van der Waals surface area (Å²) in [6, 6.07) is 4.71. The summed E-state index contributed by atoms with van der Waals surface area (Å²) in [5, 5.41) is 5.74. The van der Waals surface area contributed by atoms with E-state index in [4.69, 9.17) is 0 Å². The lowest BCUT2D eigenvalue weighted by Gasteiger charge is -2.34. The molecule has 19 heavy (non-hydrogen) atoms. The highest BCUT2D eigenvalue weighted by molar-refractivity contribution is 7.10. The van der Waals surface area contributed by atoms with E-state index in [9.17, 15) is 4.79 Å². The molecule has 3 fully saturated rings. The van der Waals surface area contributed by atoms with E-state index in [0.29, 0.717) is 11.9 Å². The Kier molecular flexibility index (Phi) is 2.71. The summed E-state index contributed by atoms with van der Waals surface area (Å²) in [5.41, 5.74) is -0.188. The van der Waals surface area contributed by atoms with E-state index >= 15 is 0 Å². The molecule has 1 saturated heterocycles. The lowest BCUT2D eigenvalue weighted by atomic mass is 9.93. The third kappa shape index (κ3) is 1.84. The summed E-state index contributed by atoms with van der Waals surface area (Å²) in [6.07, 6.45) is 8.45. The van der Waals surface area contributed by atoms with Crippen LogP contribution in [0.1, 0.15) is 56.0 Å². The maximum Gasteiger partial charge on any atom is 0.244 e. The maximum absolute atomic E-state index is 12.8. The topological polar surface area (TPSA) is 32.3 Å². The predicted octanol–water partition coefficient (Wildman–Crippen LogP) is 3.04. The van der Waals surface area contributed by atoms with Crippen LogP contribution in [0.15, 0.2) is 17.5 Å². The fourth-order valence-corrected chi connectivity index (χ4v) is 4.40. The zero-order chi connectivity index (χ0) is 12.9. The second kappa shape index (κ2) is 4.32. The van der Waals surface area contributed by atoms with Crippen LogP contribution in [0, 0.1) is 0 Å². The van der Waals surface area contributed by atoms with Gasteiger partial charge in [-0.05, 0) is 37.1 Å². The summed E-state index contributed by atoms with van der Waals surface area (Å²) in [5.74, 6) is 0.373. The van der Waals surface area contributed by atoms with Crippen LogP contribution in [0.25, 0.3) is 0 Å². The lowest BCUT2D eigenvalue weighted by Crippen LogP contribution is -2.41. The molecule has 1 atom stereocenters. The van der Waals surface area contributed by atoms with E-state index in [2.05, 4.69) is 27.7 Å². The molecule has 3 aliphatic rings. The Labute approximate surface area is 118 Å². The molecule has 0 radical (unpaired) electrons. The number of nitrogens with one attached hydrogen (secondary N) is 1. The van der Waals surface area contributed by atoms with Crippen molar-refractivity contribution in [1.29, 1.82) is 0 Å². The van der Waals surface area contributed by atoms with Crippen molar-refractivity contribution in [2.24, 2.45) is 0 Å². The number of carbonyl (C=O) groups excluding carboxylic acids is 1. The van der Waals surface area contributed by atoms with Crippen LogP contribution in [0.3, 0.4) is 0 Å². The molecule has 1 N–H and O–H groups in total. The number of amides is 1. The van der Waals surface area contributed by atoms with Gasteiger partial charge in [-0.15, -0.1) is 11.3 Å². The Morgan fingerprint density at radius 3 is 2.68 bits per heavy atom. The van der Waals surface area contributed by atoms with Crippen LogP contribution in [0.2, 0.25) is 0 Å². The normalized spacial score (nSPS) is 30.2. The van der Waals surface area contributed by atoms with Gasteiger partial charge in [0.2, 0.25) is 5.91 Å². The number of rotatable bonds is 2. The lowest BCUT2D eigenvalue weighted by molar-refractivity contribution is -0.133. The van der Waals surface area contributed by atoms with Gasteiger partial charge in [0, 0.05) is 10.9 Å². The Bertz CT molecular complexity index is 474. The third-order valence-electron chi connectivity index (χ3n) is 4.87. The highest BCUT2D eigenvalue weighted by Gasteiger charge is 2.60. The van der Waals surface area contributed by atoms with Gasteiger partial charge in [-0.3, -0.25) is 10.1 Å². The minimum absolute atomic E-state index is 0.137. The average Bonchev–Trinajstić information content (AvgIpc) is 2.92. The number of hydrogen-bond donors (Lipinski definition) is 1. The second-order valence-corrected chi connectivity index (χ2v) is 7.13. The van der Waals surface area contributed by atoms with Crippen LogP contribution in [-0.4, -0.2) is 22.4 Å². The van der Waals surface area contributed by atoms with Crippen LogP contribution in [-0.2, 0) is 4.79 Å². The maximum atomic E-state index is 12.8. The Balaban J connectivity index is 1.66. The van der Waals surface area contributed by atoms with E-state index in [1.165, 1.54) is 37.0 Å². The average molecular weight is 276 g/mol. The molecule has 3 nitrogen and oxygen atoms in total. The van der Waals surface area contributed by atoms with E-state index in [1.54, 1.807) is 11.3 Å². The fraction of sp³-hybridized carbons (Fsp3) is 0.667. The summed E-state index contributed by atoms with van der Waals surface area (Å²) >= 11 is 1.76. The first-order chi connectivity index (χ1) is 9.30. The summed E-state index contributed by atoms with van der Waals surface area (Å²) in [7, 11) is 0. The van der Waals surface area contributed by atoms with Crippen molar-refractivity contribution in [2.75, 3.05) is 0 Å². The Morgan fingerprint density at radius 2 is 2.05 bits per heavy atom. The molecule has 0 bridgehead atoms. The molecule has 1 spiro atoms. The fourth-order valence-electron chi connectivity index (χ4n) is 3.63. The zero-order valence-corrected chi connectivity index (χ0v) is 11.9.